The number of amides is 1. The molecule has 1 aromatic carbocycles. The van der Waals surface area contributed by atoms with E-state index in [-0.39, 0.29) is 11.8 Å². The lowest BCUT2D eigenvalue weighted by molar-refractivity contribution is -0.122. The van der Waals surface area contributed by atoms with Crippen molar-refractivity contribution in [2.45, 2.75) is 26.3 Å². The van der Waals surface area contributed by atoms with Crippen LogP contribution >= 0.6 is 23.2 Å². The van der Waals surface area contributed by atoms with E-state index in [2.05, 4.69) is 4.98 Å². The van der Waals surface area contributed by atoms with Crippen LogP contribution < -0.4 is 5.73 Å². The highest BCUT2D eigenvalue weighted by Crippen LogP contribution is 2.28. The molecule has 0 saturated carbocycles. The van der Waals surface area contributed by atoms with E-state index < -0.39 is 6.04 Å². The van der Waals surface area contributed by atoms with Gasteiger partial charge in [0.25, 0.3) is 0 Å². The smallest absolute Gasteiger partial charge is 0.240 e. The summed E-state index contributed by atoms with van der Waals surface area (Å²) in [5.74, 6) is 0.884. The normalized spacial score (nSPS) is 13.1. The number of carbonyl (C=O) groups is 1. The van der Waals surface area contributed by atoms with Gasteiger partial charge in [-0.05, 0) is 24.1 Å². The van der Waals surface area contributed by atoms with Gasteiger partial charge in [-0.3, -0.25) is 4.79 Å². The summed E-state index contributed by atoms with van der Waals surface area (Å²) in [6, 6.07) is 4.98. The largest absolute Gasteiger partial charge is 0.368 e. The number of carbonyl (C=O) groups excluding carboxylic acids is 1. The van der Waals surface area contributed by atoms with E-state index in [1.54, 1.807) is 12.1 Å². The minimum atomic E-state index is -0.445. The van der Waals surface area contributed by atoms with Gasteiger partial charge in [0.2, 0.25) is 5.91 Å². The predicted molar refractivity (Wildman–Crippen MR) is 82.2 cm³/mol. The zero-order valence-electron chi connectivity index (χ0n) is 11.4. The molecule has 1 heterocycles. The Morgan fingerprint density at radius 3 is 2.70 bits per heavy atom. The first kappa shape index (κ1) is 15.1. The molecule has 6 heteroatoms. The lowest BCUT2D eigenvalue weighted by Crippen LogP contribution is -2.31. The van der Waals surface area contributed by atoms with E-state index in [0.29, 0.717) is 17.3 Å². The monoisotopic (exact) mass is 313 g/mol. The minimum Gasteiger partial charge on any atom is -0.368 e. The van der Waals surface area contributed by atoms with Gasteiger partial charge in [-0.1, -0.05) is 25.4 Å². The van der Waals surface area contributed by atoms with Crippen molar-refractivity contribution in [3.05, 3.63) is 29.0 Å². The molecular weight excluding hydrogens is 297 g/mol. The first-order chi connectivity index (χ1) is 9.45. The third-order valence-corrected chi connectivity index (χ3v) is 3.67. The topological polar surface area (TPSA) is 60.9 Å². The van der Waals surface area contributed by atoms with Crippen molar-refractivity contribution in [1.82, 2.24) is 9.55 Å². The van der Waals surface area contributed by atoms with Crippen LogP contribution in [0.15, 0.2) is 18.2 Å². The fraction of sp³-hybridized carbons (Fsp3) is 0.429. The second-order valence-corrected chi connectivity index (χ2v) is 5.88. The summed E-state index contributed by atoms with van der Waals surface area (Å²) in [4.78, 5) is 16.4. The number of rotatable bonds is 5. The van der Waals surface area contributed by atoms with Gasteiger partial charge in [-0.15, -0.1) is 11.6 Å². The second kappa shape index (κ2) is 6.02. The number of imidazole rings is 1. The minimum absolute atomic E-state index is 0.0645. The molecule has 0 saturated heterocycles. The van der Waals surface area contributed by atoms with Crippen LogP contribution in [0.1, 0.15) is 25.7 Å². The number of aryl methyl sites for hydroxylation is 1. The average Bonchev–Trinajstić information content (AvgIpc) is 2.67. The van der Waals surface area contributed by atoms with Gasteiger partial charge in [-0.2, -0.15) is 0 Å². The van der Waals surface area contributed by atoms with E-state index in [0.717, 1.165) is 16.9 Å². The van der Waals surface area contributed by atoms with Crippen molar-refractivity contribution in [3.63, 3.8) is 0 Å². The van der Waals surface area contributed by atoms with Crippen molar-refractivity contribution in [2.75, 3.05) is 5.88 Å². The maximum Gasteiger partial charge on any atom is 0.240 e. The number of hydrogen-bond acceptors (Lipinski definition) is 2. The molecule has 0 aliphatic rings. The molecule has 1 amide bonds. The molecule has 108 valence electrons. The maximum absolute atomic E-state index is 11.8. The van der Waals surface area contributed by atoms with Gasteiger partial charge < -0.3 is 10.3 Å². The van der Waals surface area contributed by atoms with Gasteiger partial charge in [0.05, 0.1) is 11.0 Å². The Morgan fingerprint density at radius 1 is 1.45 bits per heavy atom. The number of benzene rings is 1. The molecule has 0 bridgehead atoms. The van der Waals surface area contributed by atoms with Crippen molar-refractivity contribution >= 4 is 40.1 Å². The van der Waals surface area contributed by atoms with Gasteiger partial charge >= 0.3 is 0 Å². The fourth-order valence-electron chi connectivity index (χ4n) is 2.45. The maximum atomic E-state index is 11.8. The lowest BCUT2D eigenvalue weighted by Gasteiger charge is -2.22. The molecule has 0 aliphatic heterocycles. The molecule has 2 N–H and O–H groups in total. The summed E-state index contributed by atoms with van der Waals surface area (Å²) in [6.45, 7) is 3.92. The Bertz CT molecular complexity index is 637. The van der Waals surface area contributed by atoms with Crippen LogP contribution in [0.5, 0.6) is 0 Å². The number of aromatic nitrogens is 2. The Kier molecular flexibility index (Phi) is 4.55. The summed E-state index contributed by atoms with van der Waals surface area (Å²) in [5.41, 5.74) is 7.18. The first-order valence-corrected chi connectivity index (χ1v) is 7.38. The first-order valence-electron chi connectivity index (χ1n) is 6.47. The summed E-state index contributed by atoms with van der Waals surface area (Å²) >= 11 is 11.8. The van der Waals surface area contributed by atoms with Crippen molar-refractivity contribution in [2.24, 2.45) is 11.7 Å². The van der Waals surface area contributed by atoms with E-state index in [1.807, 2.05) is 24.5 Å². The number of alkyl halides is 1. The Balaban J connectivity index is 2.70. The Labute approximate surface area is 127 Å². The van der Waals surface area contributed by atoms with Crippen LogP contribution in [0, 0.1) is 5.92 Å². The van der Waals surface area contributed by atoms with Crippen LogP contribution in [0.25, 0.3) is 11.0 Å². The molecule has 20 heavy (non-hydrogen) atoms. The molecule has 0 spiro atoms. The van der Waals surface area contributed by atoms with Crippen LogP contribution in [0.2, 0.25) is 5.02 Å². The number of halogens is 2. The molecule has 0 aliphatic carbocycles. The Morgan fingerprint density at radius 2 is 2.15 bits per heavy atom. The zero-order valence-corrected chi connectivity index (χ0v) is 12.9. The molecular formula is C14H17Cl2N3O. The highest BCUT2D eigenvalue weighted by Gasteiger charge is 2.26. The van der Waals surface area contributed by atoms with Crippen LogP contribution in [-0.4, -0.2) is 21.3 Å². The number of nitrogens with zero attached hydrogens (tertiary/aromatic N) is 2. The van der Waals surface area contributed by atoms with Crippen molar-refractivity contribution < 1.29 is 4.79 Å². The number of nitrogens with two attached hydrogens (primary N) is 1. The van der Waals surface area contributed by atoms with E-state index in [1.165, 1.54) is 0 Å². The van der Waals surface area contributed by atoms with E-state index in [9.17, 15) is 4.79 Å². The SMILES string of the molecule is CC(C)C(C(N)=O)n1c(CCCl)nc2cc(Cl)ccc21. The summed E-state index contributed by atoms with van der Waals surface area (Å²) in [6.07, 6.45) is 0.574. The van der Waals surface area contributed by atoms with Gasteiger partial charge in [-0.25, -0.2) is 4.98 Å². The summed E-state index contributed by atoms with van der Waals surface area (Å²) in [7, 11) is 0. The van der Waals surface area contributed by atoms with Crippen molar-refractivity contribution in [3.8, 4) is 0 Å². The molecule has 0 fully saturated rings. The predicted octanol–water partition coefficient (Wildman–Crippen LogP) is 3.15. The molecule has 0 radical (unpaired) electrons. The molecule has 1 aromatic heterocycles. The molecule has 2 aromatic rings. The van der Waals surface area contributed by atoms with Crippen LogP contribution in [0.3, 0.4) is 0 Å². The number of hydrogen-bond donors (Lipinski definition) is 1. The summed E-state index contributed by atoms with van der Waals surface area (Å²) < 4.78 is 1.89. The van der Waals surface area contributed by atoms with E-state index >= 15 is 0 Å². The quantitative estimate of drug-likeness (QED) is 0.862. The van der Waals surface area contributed by atoms with Gasteiger partial charge in [0.1, 0.15) is 11.9 Å². The Hall–Kier alpha value is -1.26. The average molecular weight is 314 g/mol. The third kappa shape index (κ3) is 2.76. The zero-order chi connectivity index (χ0) is 14.9. The number of primary amides is 1. The third-order valence-electron chi connectivity index (χ3n) is 3.24. The molecule has 2 rings (SSSR count). The fourth-order valence-corrected chi connectivity index (χ4v) is 2.78. The van der Waals surface area contributed by atoms with Crippen molar-refractivity contribution in [1.29, 1.82) is 0 Å². The molecule has 4 nitrogen and oxygen atoms in total. The second-order valence-electron chi connectivity index (χ2n) is 5.06. The lowest BCUT2D eigenvalue weighted by atomic mass is 10.0. The standard InChI is InChI=1S/C14H17Cl2N3O/c1-8(2)13(14(17)20)19-11-4-3-9(16)7-10(11)18-12(19)5-6-15/h3-4,7-8,13H,5-6H2,1-2H3,(H2,17,20). The van der Waals surface area contributed by atoms with Crippen LogP contribution in [-0.2, 0) is 11.2 Å². The van der Waals surface area contributed by atoms with Crippen LogP contribution in [0.4, 0.5) is 0 Å². The van der Waals surface area contributed by atoms with E-state index in [4.69, 9.17) is 28.9 Å². The highest BCUT2D eigenvalue weighted by molar-refractivity contribution is 6.31. The molecule has 1 unspecified atom stereocenters. The summed E-state index contributed by atoms with van der Waals surface area (Å²) in [5, 5.41) is 0.611. The highest BCUT2D eigenvalue weighted by atomic mass is 35.5. The van der Waals surface area contributed by atoms with Gasteiger partial charge in [0.15, 0.2) is 0 Å². The van der Waals surface area contributed by atoms with Gasteiger partial charge in [0, 0.05) is 17.3 Å². The molecule has 1 atom stereocenters. The number of fused-ring (bicyclic) bond motifs is 1.